The van der Waals surface area contributed by atoms with Crippen molar-refractivity contribution in [2.45, 2.75) is 167 Å². The van der Waals surface area contributed by atoms with Gasteiger partial charge >= 0.3 is 7.82 Å². The molecule has 0 aromatic heterocycles. The zero-order valence-electron chi connectivity index (χ0n) is 28.3. The van der Waals surface area contributed by atoms with Crippen LogP contribution < -0.4 is 0 Å². The van der Waals surface area contributed by atoms with Gasteiger partial charge in [0.1, 0.15) is 0 Å². The maximum atomic E-state index is 12.6. The number of quaternary nitrogens is 1. The van der Waals surface area contributed by atoms with Crippen LogP contribution in [0, 0.1) is 0 Å². The number of rotatable bonds is 27. The predicted octanol–water partition coefficient (Wildman–Crippen LogP) is 11.2. The first-order valence-corrected chi connectivity index (χ1v) is 20.0. The minimum atomic E-state index is -3.99. The maximum Gasteiger partial charge on any atom is 0.472 e. The average Bonchev–Trinajstić information content (AvgIpc) is 3.18. The molecule has 2 rings (SSSR count). The van der Waals surface area contributed by atoms with Crippen LogP contribution in [0.4, 0.5) is 0 Å². The molecule has 6 heteroatoms. The molecule has 1 aliphatic heterocycles. The van der Waals surface area contributed by atoms with Crippen molar-refractivity contribution in [3.05, 3.63) is 35.9 Å². The van der Waals surface area contributed by atoms with Crippen molar-refractivity contribution >= 4 is 7.82 Å². The lowest BCUT2D eigenvalue weighted by atomic mass is 10.0. The van der Waals surface area contributed by atoms with Gasteiger partial charge in [-0.25, -0.2) is 4.57 Å². The number of phosphoric ester groups is 1. The molecular weight excluding hydrogens is 553 g/mol. The largest absolute Gasteiger partial charge is 0.472 e. The molecule has 3 unspecified atom stereocenters. The van der Waals surface area contributed by atoms with Crippen molar-refractivity contribution in [3.63, 3.8) is 0 Å². The van der Waals surface area contributed by atoms with Gasteiger partial charge in [0.05, 0.1) is 39.4 Å². The highest BCUT2D eigenvalue weighted by molar-refractivity contribution is 7.47. The Labute approximate surface area is 266 Å². The van der Waals surface area contributed by atoms with Gasteiger partial charge in [0.15, 0.2) is 0 Å². The van der Waals surface area contributed by atoms with Gasteiger partial charge in [0, 0.05) is 12.8 Å². The van der Waals surface area contributed by atoms with E-state index in [0.717, 1.165) is 62.6 Å². The Balaban J connectivity index is 1.37. The molecule has 43 heavy (non-hydrogen) atoms. The van der Waals surface area contributed by atoms with Gasteiger partial charge in [-0.3, -0.25) is 9.05 Å². The summed E-state index contributed by atoms with van der Waals surface area (Å²) in [6, 6.07) is 10.6. The highest BCUT2D eigenvalue weighted by Gasteiger charge is 2.32. The van der Waals surface area contributed by atoms with Crippen LogP contribution in [0.1, 0.15) is 160 Å². The summed E-state index contributed by atoms with van der Waals surface area (Å²) in [5.41, 5.74) is 1.37. The molecule has 1 fully saturated rings. The summed E-state index contributed by atoms with van der Waals surface area (Å²) in [4.78, 5) is 10.3. The first kappa shape index (κ1) is 38.5. The lowest BCUT2D eigenvalue weighted by Crippen LogP contribution is -2.46. The second-order valence-electron chi connectivity index (χ2n) is 13.7. The van der Waals surface area contributed by atoms with Gasteiger partial charge in [-0.2, -0.15) is 0 Å². The van der Waals surface area contributed by atoms with E-state index in [1.165, 1.54) is 121 Å². The quantitative estimate of drug-likeness (QED) is 0.0602. The van der Waals surface area contributed by atoms with Gasteiger partial charge in [-0.1, -0.05) is 159 Å². The number of hydrogen-bond acceptors (Lipinski definition) is 3. The van der Waals surface area contributed by atoms with Crippen LogP contribution in [-0.4, -0.2) is 48.8 Å². The highest BCUT2D eigenvalue weighted by atomic mass is 31.2. The summed E-state index contributed by atoms with van der Waals surface area (Å²) in [5, 5.41) is 0. The van der Waals surface area contributed by atoms with E-state index < -0.39 is 7.82 Å². The summed E-state index contributed by atoms with van der Waals surface area (Å²) in [5.74, 6) is 0. The normalized spacial score (nSPS) is 20.6. The van der Waals surface area contributed by atoms with Crippen LogP contribution in [0.15, 0.2) is 30.3 Å². The molecule has 0 radical (unpaired) electrons. The Bertz CT molecular complexity index is 822. The van der Waals surface area contributed by atoms with Gasteiger partial charge in [-0.05, 0) is 24.8 Å². The fourth-order valence-corrected chi connectivity index (χ4v) is 7.55. The van der Waals surface area contributed by atoms with Gasteiger partial charge in [-0.15, -0.1) is 0 Å². The third kappa shape index (κ3) is 20.9. The molecule has 1 saturated heterocycles. The Morgan fingerprint density at radius 1 is 0.721 bits per heavy atom. The maximum absolute atomic E-state index is 12.6. The molecule has 1 aromatic rings. The van der Waals surface area contributed by atoms with E-state index in [1.54, 1.807) is 0 Å². The summed E-state index contributed by atoms with van der Waals surface area (Å²) in [6.45, 7) is 5.74. The first-order chi connectivity index (χ1) is 20.9. The molecule has 250 valence electrons. The van der Waals surface area contributed by atoms with E-state index in [1.807, 2.05) is 0 Å². The molecule has 1 aromatic carbocycles. The van der Waals surface area contributed by atoms with Crippen LogP contribution in [0.25, 0.3) is 0 Å². The fraction of sp³-hybridized carbons (Fsp3) is 0.838. The highest BCUT2D eigenvalue weighted by Crippen LogP contribution is 2.46. The number of unbranched alkanes of at least 4 members (excludes halogenated alkanes) is 19. The third-order valence-electron chi connectivity index (χ3n) is 9.53. The minimum Gasteiger partial charge on any atom is -0.326 e. The van der Waals surface area contributed by atoms with Gasteiger partial charge in [0.25, 0.3) is 0 Å². The Morgan fingerprint density at radius 2 is 1.21 bits per heavy atom. The van der Waals surface area contributed by atoms with Crippen molar-refractivity contribution in [2.75, 3.05) is 33.3 Å². The zero-order chi connectivity index (χ0) is 30.9. The number of hydrogen-bond donors (Lipinski definition) is 1. The van der Waals surface area contributed by atoms with Crippen molar-refractivity contribution in [3.8, 4) is 0 Å². The van der Waals surface area contributed by atoms with E-state index >= 15 is 0 Å². The first-order valence-electron chi connectivity index (χ1n) is 18.5. The molecule has 1 aliphatic rings. The summed E-state index contributed by atoms with van der Waals surface area (Å²) < 4.78 is 24.6. The molecule has 3 atom stereocenters. The van der Waals surface area contributed by atoms with E-state index in [9.17, 15) is 9.46 Å². The van der Waals surface area contributed by atoms with E-state index in [0.29, 0.717) is 6.61 Å². The lowest BCUT2D eigenvalue weighted by Gasteiger charge is -2.33. The summed E-state index contributed by atoms with van der Waals surface area (Å²) in [6.07, 6.45) is 30.4. The Morgan fingerprint density at radius 3 is 1.72 bits per heavy atom. The Hall–Kier alpha value is -0.710. The van der Waals surface area contributed by atoms with E-state index in [-0.39, 0.29) is 6.10 Å². The molecule has 0 spiro atoms. The molecular formula is C37H69NO4P+. The average molecular weight is 623 g/mol. The zero-order valence-corrected chi connectivity index (χ0v) is 29.2. The van der Waals surface area contributed by atoms with Crippen molar-refractivity contribution in [2.24, 2.45) is 0 Å². The van der Waals surface area contributed by atoms with Crippen LogP contribution in [0.5, 0.6) is 0 Å². The smallest absolute Gasteiger partial charge is 0.326 e. The SMILES string of the molecule is CCCCCCCCCCCCCCCCCCCCCCOP(=O)(O)OC1CCC[N+](C)(CCc2ccccc2)CC1. The van der Waals surface area contributed by atoms with Crippen molar-refractivity contribution in [1.29, 1.82) is 0 Å². The van der Waals surface area contributed by atoms with Crippen LogP contribution in [-0.2, 0) is 20.0 Å². The summed E-state index contributed by atoms with van der Waals surface area (Å²) in [7, 11) is -1.68. The number of phosphoric acid groups is 1. The van der Waals surface area contributed by atoms with E-state index in [2.05, 4.69) is 44.3 Å². The van der Waals surface area contributed by atoms with Crippen molar-refractivity contribution in [1.82, 2.24) is 0 Å². The third-order valence-corrected chi connectivity index (χ3v) is 10.6. The lowest BCUT2D eigenvalue weighted by molar-refractivity contribution is -0.908. The number of nitrogens with zero attached hydrogens (tertiary/aromatic N) is 1. The molecule has 0 bridgehead atoms. The second kappa shape index (κ2) is 24.5. The molecule has 1 N–H and O–H groups in total. The predicted molar refractivity (Wildman–Crippen MR) is 183 cm³/mol. The van der Waals surface area contributed by atoms with Crippen LogP contribution in [0.2, 0.25) is 0 Å². The fourth-order valence-electron chi connectivity index (χ4n) is 6.54. The second-order valence-corrected chi connectivity index (χ2v) is 15.1. The van der Waals surface area contributed by atoms with Crippen molar-refractivity contribution < 1.29 is 23.0 Å². The molecule has 5 nitrogen and oxygen atoms in total. The molecule has 1 heterocycles. The van der Waals surface area contributed by atoms with Gasteiger partial charge in [0.2, 0.25) is 0 Å². The van der Waals surface area contributed by atoms with E-state index in [4.69, 9.17) is 9.05 Å². The number of likely N-dealkylation sites (N-methyl/N-ethyl adjacent to an activating group) is 1. The monoisotopic (exact) mass is 622 g/mol. The topological polar surface area (TPSA) is 55.8 Å². The standard InChI is InChI=1S/C37H68NO4P/c1-3-4-5-6-7-8-9-10-11-12-13-14-15-16-17-18-19-20-21-25-35-41-43(39,40)42-37-29-26-32-38(2,34-31-37)33-30-36-27-23-22-24-28-36/h22-24,27-28,37H,3-21,25-26,29-35H2,1-2H3/p+1. The summed E-state index contributed by atoms with van der Waals surface area (Å²) >= 11 is 0. The molecule has 0 saturated carbocycles. The Kier molecular flexibility index (Phi) is 21.9. The minimum absolute atomic E-state index is 0.192. The van der Waals surface area contributed by atoms with Crippen LogP contribution >= 0.6 is 7.82 Å². The number of likely N-dealkylation sites (tertiary alicyclic amines) is 1. The molecule has 0 aliphatic carbocycles. The van der Waals surface area contributed by atoms with Crippen LogP contribution in [0.3, 0.4) is 0 Å². The number of benzene rings is 1. The molecule has 0 amide bonds. The van der Waals surface area contributed by atoms with Gasteiger partial charge < -0.3 is 9.38 Å².